The van der Waals surface area contributed by atoms with Crippen LogP contribution >= 0.6 is 0 Å². The van der Waals surface area contributed by atoms with E-state index in [9.17, 15) is 13.0 Å². The van der Waals surface area contributed by atoms with Crippen molar-refractivity contribution in [2.45, 2.75) is 24.7 Å². The number of rotatable bonds is 8. The summed E-state index contributed by atoms with van der Waals surface area (Å²) in [6.07, 6.45) is 3.58. The molecule has 4 aromatic rings. The van der Waals surface area contributed by atoms with Gasteiger partial charge in [0.1, 0.15) is 22.0 Å². The molecule has 0 saturated carbocycles. The highest BCUT2D eigenvalue weighted by Gasteiger charge is 2.18. The predicted octanol–water partition coefficient (Wildman–Crippen LogP) is 6.33. The average Bonchev–Trinajstić information content (AvgIpc) is 2.84. The number of fused-ring (bicyclic) bond motifs is 1. The van der Waals surface area contributed by atoms with Crippen LogP contribution in [0.2, 0.25) is 0 Å². The van der Waals surface area contributed by atoms with E-state index in [1.165, 1.54) is 6.07 Å². The van der Waals surface area contributed by atoms with Crippen LogP contribution in [0.25, 0.3) is 22.0 Å². The zero-order valence-corrected chi connectivity index (χ0v) is 19.4. The van der Waals surface area contributed by atoms with Gasteiger partial charge in [0, 0.05) is 16.3 Å². The topological polar surface area (TPSA) is 127 Å². The summed E-state index contributed by atoms with van der Waals surface area (Å²) in [6, 6.07) is 19.1. The number of hydrogen-bond donors (Lipinski definition) is 2. The Morgan fingerprint density at radius 1 is 1.00 bits per heavy atom. The molecule has 0 saturated heterocycles. The first-order valence-corrected chi connectivity index (χ1v) is 12.2. The number of nitrogen functional groups attached to an aromatic ring is 1. The monoisotopic (exact) mass is 476 g/mol. The Labute approximate surface area is 197 Å². The summed E-state index contributed by atoms with van der Waals surface area (Å²) in [5.74, 6) is 0.763. The molecular weight excluding hydrogens is 452 g/mol. The molecule has 8 nitrogen and oxygen atoms in total. The summed E-state index contributed by atoms with van der Waals surface area (Å²) in [5.41, 5.74) is 8.64. The fourth-order valence-corrected chi connectivity index (χ4v) is 4.21. The number of hydrogen-bond acceptors (Lipinski definition) is 7. The number of ether oxygens (including phenoxy) is 1. The van der Waals surface area contributed by atoms with Crippen LogP contribution in [-0.2, 0) is 10.1 Å². The van der Waals surface area contributed by atoms with E-state index in [1.54, 1.807) is 36.5 Å². The molecule has 1 heterocycles. The lowest BCUT2D eigenvalue weighted by molar-refractivity contribution is 0.310. The highest BCUT2D eigenvalue weighted by molar-refractivity contribution is 7.86. The van der Waals surface area contributed by atoms with E-state index < -0.39 is 10.1 Å². The molecule has 0 unspecified atom stereocenters. The van der Waals surface area contributed by atoms with Gasteiger partial charge in [-0.15, -0.1) is 10.2 Å². The number of anilines is 1. The third kappa shape index (κ3) is 5.05. The van der Waals surface area contributed by atoms with Gasteiger partial charge in [-0.3, -0.25) is 9.54 Å². The molecule has 0 aliphatic heterocycles. The van der Waals surface area contributed by atoms with E-state index >= 15 is 0 Å². The van der Waals surface area contributed by atoms with Crippen molar-refractivity contribution < 1.29 is 17.7 Å². The van der Waals surface area contributed by atoms with Crippen molar-refractivity contribution in [2.24, 2.45) is 10.2 Å². The van der Waals surface area contributed by atoms with Gasteiger partial charge in [-0.05, 0) is 36.8 Å². The molecule has 0 aliphatic carbocycles. The molecule has 1 aromatic heterocycles. The second kappa shape index (κ2) is 9.98. The number of para-hydroxylation sites is 1. The number of benzene rings is 3. The van der Waals surface area contributed by atoms with Crippen LogP contribution < -0.4 is 10.5 Å². The second-order valence-corrected chi connectivity index (χ2v) is 9.02. The van der Waals surface area contributed by atoms with Crippen LogP contribution in [0.5, 0.6) is 5.75 Å². The van der Waals surface area contributed by atoms with Crippen LogP contribution in [0.1, 0.15) is 19.8 Å². The highest BCUT2D eigenvalue weighted by atomic mass is 32.2. The first kappa shape index (κ1) is 23.3. The zero-order valence-electron chi connectivity index (χ0n) is 18.5. The Hall–Kier alpha value is -3.82. The minimum Gasteiger partial charge on any atom is -0.493 e. The maximum absolute atomic E-state index is 11.9. The number of unbranched alkanes of at least 4 members (excludes halogenated alkanes) is 1. The van der Waals surface area contributed by atoms with Gasteiger partial charge in [-0.25, -0.2) is 0 Å². The molecule has 0 fully saturated rings. The molecule has 0 spiro atoms. The number of nitrogens with zero attached hydrogens (tertiary/aromatic N) is 3. The normalized spacial score (nSPS) is 11.8. The van der Waals surface area contributed by atoms with E-state index in [1.807, 2.05) is 30.3 Å². The van der Waals surface area contributed by atoms with Crippen molar-refractivity contribution in [3.8, 4) is 17.0 Å². The third-order valence-corrected chi connectivity index (χ3v) is 6.14. The van der Waals surface area contributed by atoms with E-state index in [-0.39, 0.29) is 16.3 Å². The highest BCUT2D eigenvalue weighted by Crippen LogP contribution is 2.37. The van der Waals surface area contributed by atoms with Crippen LogP contribution in [-0.4, -0.2) is 24.6 Å². The summed E-state index contributed by atoms with van der Waals surface area (Å²) in [6.45, 7) is 2.75. The molecule has 0 amide bonds. The molecule has 0 bridgehead atoms. The van der Waals surface area contributed by atoms with Gasteiger partial charge >= 0.3 is 0 Å². The van der Waals surface area contributed by atoms with E-state index in [0.717, 1.165) is 29.8 Å². The first-order chi connectivity index (χ1) is 16.4. The third-order valence-electron chi connectivity index (χ3n) is 5.24. The van der Waals surface area contributed by atoms with Crippen LogP contribution in [0.4, 0.5) is 17.1 Å². The van der Waals surface area contributed by atoms with Gasteiger partial charge in [0.2, 0.25) is 0 Å². The van der Waals surface area contributed by atoms with E-state index in [4.69, 9.17) is 10.5 Å². The fourth-order valence-electron chi connectivity index (χ4n) is 3.49. The molecule has 9 heteroatoms. The van der Waals surface area contributed by atoms with Gasteiger partial charge in [0.05, 0.1) is 24.2 Å². The van der Waals surface area contributed by atoms with Crippen molar-refractivity contribution in [3.63, 3.8) is 0 Å². The Morgan fingerprint density at radius 3 is 2.44 bits per heavy atom. The van der Waals surface area contributed by atoms with Crippen molar-refractivity contribution >= 4 is 38.0 Å². The second-order valence-electron chi connectivity index (χ2n) is 7.63. The van der Waals surface area contributed by atoms with Gasteiger partial charge < -0.3 is 10.5 Å². The average molecular weight is 477 g/mol. The Kier molecular flexibility index (Phi) is 6.85. The number of azo groups is 1. The molecule has 174 valence electrons. The lowest BCUT2D eigenvalue weighted by atomic mass is 10.1. The van der Waals surface area contributed by atoms with Crippen molar-refractivity contribution in [1.29, 1.82) is 0 Å². The van der Waals surface area contributed by atoms with Crippen LogP contribution in [0, 0.1) is 0 Å². The molecule has 0 radical (unpaired) electrons. The number of aromatic nitrogens is 1. The number of nitrogens with two attached hydrogens (primary N) is 1. The largest absolute Gasteiger partial charge is 0.493 e. The molecule has 4 rings (SSSR count). The molecule has 3 aromatic carbocycles. The number of pyridine rings is 1. The van der Waals surface area contributed by atoms with Gasteiger partial charge in [0.25, 0.3) is 10.1 Å². The van der Waals surface area contributed by atoms with Gasteiger partial charge in [-0.2, -0.15) is 8.42 Å². The zero-order chi connectivity index (χ0) is 24.1. The SMILES string of the molecule is CCCCOc1ccccc1-c1ccc(/N=N/c2cc(S(=O)(=O)O)c3ccccc3c2N)cn1. The summed E-state index contributed by atoms with van der Waals surface area (Å²) in [4.78, 5) is 4.20. The Morgan fingerprint density at radius 2 is 1.74 bits per heavy atom. The molecule has 3 N–H and O–H groups in total. The standard InChI is InChI=1S/C25H24N4O4S/c1-2-3-14-33-23-11-7-6-10-20(23)21-13-12-17(16-27-21)28-29-22-15-24(34(30,31)32)18-8-4-5-9-19(18)25(22)26/h4-13,15-16H,2-3,14,26H2,1H3,(H,30,31,32)/b29-28+. The quantitative estimate of drug-likeness (QED) is 0.132. The van der Waals surface area contributed by atoms with Crippen LogP contribution in [0.3, 0.4) is 0 Å². The van der Waals surface area contributed by atoms with Crippen molar-refractivity contribution in [1.82, 2.24) is 4.98 Å². The Balaban J connectivity index is 1.64. The fraction of sp³-hybridized carbons (Fsp3) is 0.160. The minimum absolute atomic E-state index is 0.130. The van der Waals surface area contributed by atoms with E-state index in [0.29, 0.717) is 23.1 Å². The maximum atomic E-state index is 11.9. The van der Waals surface area contributed by atoms with Crippen LogP contribution in [0.15, 0.2) is 88.1 Å². The maximum Gasteiger partial charge on any atom is 0.295 e. The summed E-state index contributed by atoms with van der Waals surface area (Å²) < 4.78 is 39.3. The first-order valence-electron chi connectivity index (χ1n) is 10.8. The minimum atomic E-state index is -4.48. The van der Waals surface area contributed by atoms with Crippen molar-refractivity contribution in [2.75, 3.05) is 12.3 Å². The predicted molar refractivity (Wildman–Crippen MR) is 132 cm³/mol. The lowest BCUT2D eigenvalue weighted by Gasteiger charge is -2.11. The molecular formula is C25H24N4O4S. The summed E-state index contributed by atoms with van der Waals surface area (Å²) >= 11 is 0. The Bertz CT molecular complexity index is 1450. The summed E-state index contributed by atoms with van der Waals surface area (Å²) in [5, 5.41) is 9.06. The lowest BCUT2D eigenvalue weighted by Crippen LogP contribution is -2.01. The molecule has 0 aliphatic rings. The molecule has 0 atom stereocenters. The summed E-state index contributed by atoms with van der Waals surface area (Å²) in [7, 11) is -4.48. The molecule has 34 heavy (non-hydrogen) atoms. The smallest absolute Gasteiger partial charge is 0.295 e. The van der Waals surface area contributed by atoms with E-state index in [2.05, 4.69) is 22.1 Å². The van der Waals surface area contributed by atoms with Gasteiger partial charge in [0.15, 0.2) is 0 Å². The van der Waals surface area contributed by atoms with Crippen molar-refractivity contribution in [3.05, 3.63) is 72.9 Å². The van der Waals surface area contributed by atoms with Gasteiger partial charge in [-0.1, -0.05) is 49.7 Å².